The number of benzene rings is 1. The molecule has 1 saturated carbocycles. The maximum Gasteiger partial charge on any atom is 0.331 e. The highest BCUT2D eigenvalue weighted by Crippen LogP contribution is 2.38. The molecule has 148 valence electrons. The molecule has 0 unspecified atom stereocenters. The van der Waals surface area contributed by atoms with Gasteiger partial charge in [-0.2, -0.15) is 0 Å². The van der Waals surface area contributed by atoms with Crippen molar-refractivity contribution in [2.24, 2.45) is 0 Å². The summed E-state index contributed by atoms with van der Waals surface area (Å²) in [5, 5.41) is 2.85. The smallest absolute Gasteiger partial charge is 0.331 e. The zero-order chi connectivity index (χ0) is 20.3. The number of anilines is 1. The molecule has 0 saturated heterocycles. The Morgan fingerprint density at radius 3 is 2.68 bits per heavy atom. The van der Waals surface area contributed by atoms with Crippen LogP contribution in [0.5, 0.6) is 0 Å². The van der Waals surface area contributed by atoms with Crippen LogP contribution in [-0.4, -0.2) is 23.1 Å². The average Bonchev–Trinajstić information content (AvgIpc) is 3.45. The van der Waals surface area contributed by atoms with Gasteiger partial charge in [0.2, 0.25) is 0 Å². The number of carbonyl (C=O) groups excluding carboxylic acids is 2. The minimum Gasteiger partial charge on any atom is -0.452 e. The largest absolute Gasteiger partial charge is 0.452 e. The second kappa shape index (κ2) is 8.46. The highest BCUT2D eigenvalue weighted by molar-refractivity contribution is 5.95. The van der Waals surface area contributed by atoms with Crippen LogP contribution in [0, 0.1) is 20.8 Å². The zero-order valence-electron chi connectivity index (χ0n) is 17.0. The fourth-order valence-electron chi connectivity index (χ4n) is 3.59. The predicted molar refractivity (Wildman–Crippen MR) is 111 cm³/mol. The van der Waals surface area contributed by atoms with Gasteiger partial charge in [0, 0.05) is 29.2 Å². The van der Waals surface area contributed by atoms with Crippen molar-refractivity contribution in [2.75, 3.05) is 11.9 Å². The summed E-state index contributed by atoms with van der Waals surface area (Å²) in [4.78, 5) is 24.2. The summed E-state index contributed by atoms with van der Waals surface area (Å²) in [5.74, 6) is -0.857. The van der Waals surface area contributed by atoms with E-state index in [2.05, 4.69) is 29.8 Å². The average molecular weight is 380 g/mol. The van der Waals surface area contributed by atoms with E-state index >= 15 is 0 Å². The number of hydrogen-bond donors (Lipinski definition) is 1. The lowest BCUT2D eigenvalue weighted by Crippen LogP contribution is -2.21. The van der Waals surface area contributed by atoms with Gasteiger partial charge in [-0.3, -0.25) is 4.79 Å². The van der Waals surface area contributed by atoms with Crippen molar-refractivity contribution in [3.05, 3.63) is 58.4 Å². The molecular weight excluding hydrogens is 352 g/mol. The molecule has 3 rings (SSSR count). The van der Waals surface area contributed by atoms with Crippen molar-refractivity contribution in [1.29, 1.82) is 0 Å². The van der Waals surface area contributed by atoms with E-state index in [1.807, 2.05) is 32.0 Å². The van der Waals surface area contributed by atoms with Crippen LogP contribution in [0.25, 0.3) is 6.08 Å². The number of nitrogens with zero attached hydrogens (tertiary/aromatic N) is 1. The lowest BCUT2D eigenvalue weighted by Gasteiger charge is -2.12. The minimum absolute atomic E-state index is 0.304. The van der Waals surface area contributed by atoms with Gasteiger partial charge in [0.1, 0.15) is 0 Å². The number of ether oxygens (including phenoxy) is 1. The van der Waals surface area contributed by atoms with Crippen LogP contribution in [0.3, 0.4) is 0 Å². The number of rotatable bonds is 7. The number of carbonyl (C=O) groups is 2. The number of amides is 1. The van der Waals surface area contributed by atoms with E-state index in [-0.39, 0.29) is 12.5 Å². The highest BCUT2D eigenvalue weighted by atomic mass is 16.5. The van der Waals surface area contributed by atoms with Crippen molar-refractivity contribution in [3.8, 4) is 0 Å². The van der Waals surface area contributed by atoms with Gasteiger partial charge < -0.3 is 14.6 Å². The second-order valence-corrected chi connectivity index (χ2v) is 7.38. The first-order chi connectivity index (χ1) is 13.4. The molecule has 1 fully saturated rings. The summed E-state index contributed by atoms with van der Waals surface area (Å²) in [7, 11) is 0. The van der Waals surface area contributed by atoms with Gasteiger partial charge in [-0.25, -0.2) is 4.79 Å². The van der Waals surface area contributed by atoms with E-state index in [0.717, 1.165) is 34.5 Å². The minimum atomic E-state index is -0.521. The molecule has 1 heterocycles. The molecule has 1 amide bonds. The fourth-order valence-corrected chi connectivity index (χ4v) is 3.59. The highest BCUT2D eigenvalue weighted by Gasteiger charge is 2.26. The molecule has 5 heteroatoms. The lowest BCUT2D eigenvalue weighted by atomic mass is 10.1. The first-order valence-electron chi connectivity index (χ1n) is 9.82. The van der Waals surface area contributed by atoms with Crippen LogP contribution >= 0.6 is 0 Å². The molecule has 0 atom stereocenters. The van der Waals surface area contributed by atoms with Gasteiger partial charge in [-0.15, -0.1) is 0 Å². The molecule has 1 aromatic carbocycles. The van der Waals surface area contributed by atoms with E-state index in [1.165, 1.54) is 24.6 Å². The SMILES string of the molecule is CCc1cccc(C)c1NC(=O)COC(=O)/C=C/c1cc(C)n(C2CC2)c1C. The zero-order valence-corrected chi connectivity index (χ0v) is 17.0. The van der Waals surface area contributed by atoms with E-state index in [0.29, 0.717) is 6.04 Å². The number of hydrogen-bond acceptors (Lipinski definition) is 3. The number of nitrogens with one attached hydrogen (secondary N) is 1. The van der Waals surface area contributed by atoms with E-state index in [1.54, 1.807) is 6.08 Å². The molecule has 1 N–H and O–H groups in total. The van der Waals surface area contributed by atoms with Crippen LogP contribution in [0.4, 0.5) is 5.69 Å². The Balaban J connectivity index is 1.55. The van der Waals surface area contributed by atoms with Crippen molar-refractivity contribution in [2.45, 2.75) is 53.0 Å². The van der Waals surface area contributed by atoms with E-state index in [9.17, 15) is 9.59 Å². The molecule has 5 nitrogen and oxygen atoms in total. The van der Waals surface area contributed by atoms with Crippen molar-refractivity contribution < 1.29 is 14.3 Å². The first kappa shape index (κ1) is 19.9. The normalized spacial score (nSPS) is 13.7. The summed E-state index contributed by atoms with van der Waals surface area (Å²) < 4.78 is 7.43. The van der Waals surface area contributed by atoms with Crippen molar-refractivity contribution in [1.82, 2.24) is 4.57 Å². The number of aromatic nitrogens is 1. The summed E-state index contributed by atoms with van der Waals surface area (Å²) in [6.45, 7) is 7.83. The lowest BCUT2D eigenvalue weighted by molar-refractivity contribution is -0.142. The molecule has 0 radical (unpaired) electrons. The van der Waals surface area contributed by atoms with Gasteiger partial charge in [-0.05, 0) is 68.9 Å². The Morgan fingerprint density at radius 2 is 2.00 bits per heavy atom. The number of para-hydroxylation sites is 1. The van der Waals surface area contributed by atoms with Crippen LogP contribution in [0.15, 0.2) is 30.3 Å². The standard InChI is InChI=1S/C23H28N2O3/c1-5-18-8-6-7-15(2)23(18)24-21(26)14-28-22(27)12-9-19-13-16(3)25(17(19)4)20-10-11-20/h6-9,12-13,20H,5,10-11,14H2,1-4H3,(H,24,26)/b12-9+. The molecule has 28 heavy (non-hydrogen) atoms. The molecule has 0 spiro atoms. The predicted octanol–water partition coefficient (Wildman–Crippen LogP) is 4.51. The maximum absolute atomic E-state index is 12.2. The Morgan fingerprint density at radius 1 is 1.25 bits per heavy atom. The third kappa shape index (κ3) is 4.53. The Hall–Kier alpha value is -2.82. The topological polar surface area (TPSA) is 60.3 Å². The van der Waals surface area contributed by atoms with Crippen molar-refractivity contribution in [3.63, 3.8) is 0 Å². The van der Waals surface area contributed by atoms with Crippen LogP contribution in [-0.2, 0) is 20.7 Å². The molecule has 1 aromatic heterocycles. The molecule has 1 aliphatic carbocycles. The van der Waals surface area contributed by atoms with Gasteiger partial charge in [0.15, 0.2) is 6.61 Å². The van der Waals surface area contributed by atoms with Gasteiger partial charge in [-0.1, -0.05) is 25.1 Å². The third-order valence-electron chi connectivity index (χ3n) is 5.18. The first-order valence-corrected chi connectivity index (χ1v) is 9.82. The Kier molecular flexibility index (Phi) is 6.02. The van der Waals surface area contributed by atoms with Gasteiger partial charge in [0.05, 0.1) is 0 Å². The van der Waals surface area contributed by atoms with E-state index in [4.69, 9.17) is 4.74 Å². The molecule has 1 aliphatic rings. The monoisotopic (exact) mass is 380 g/mol. The Labute approximate surface area is 166 Å². The van der Waals surface area contributed by atoms with Gasteiger partial charge in [0.25, 0.3) is 5.91 Å². The third-order valence-corrected chi connectivity index (χ3v) is 5.18. The van der Waals surface area contributed by atoms with E-state index < -0.39 is 5.97 Å². The van der Waals surface area contributed by atoms with Gasteiger partial charge >= 0.3 is 5.97 Å². The molecule has 0 aliphatic heterocycles. The van der Waals surface area contributed by atoms with Crippen LogP contribution < -0.4 is 5.32 Å². The Bertz CT molecular complexity index is 920. The maximum atomic E-state index is 12.2. The van der Waals surface area contributed by atoms with Crippen molar-refractivity contribution >= 4 is 23.6 Å². The molecule has 0 bridgehead atoms. The fraction of sp³-hybridized carbons (Fsp3) is 0.391. The summed E-state index contributed by atoms with van der Waals surface area (Å²) in [5.41, 5.74) is 6.23. The van der Waals surface area contributed by atoms with Crippen LogP contribution in [0.1, 0.15) is 53.9 Å². The van der Waals surface area contributed by atoms with Crippen LogP contribution in [0.2, 0.25) is 0 Å². The number of aryl methyl sites for hydroxylation is 3. The quantitative estimate of drug-likeness (QED) is 0.568. The summed E-state index contributed by atoms with van der Waals surface area (Å²) in [6, 6.07) is 8.58. The summed E-state index contributed by atoms with van der Waals surface area (Å²) in [6.07, 6.45) is 6.41. The summed E-state index contributed by atoms with van der Waals surface area (Å²) >= 11 is 0. The molecular formula is C23H28N2O3. The second-order valence-electron chi connectivity index (χ2n) is 7.38. The number of esters is 1. The molecule has 2 aromatic rings.